The van der Waals surface area contributed by atoms with Gasteiger partial charge in [-0.3, -0.25) is 9.69 Å². The summed E-state index contributed by atoms with van der Waals surface area (Å²) < 4.78 is 30.4. The van der Waals surface area contributed by atoms with Gasteiger partial charge >= 0.3 is 0 Å². The van der Waals surface area contributed by atoms with Gasteiger partial charge in [-0.2, -0.15) is 9.04 Å². The minimum absolute atomic E-state index is 0.0709. The monoisotopic (exact) mass is 645 g/mol. The molecule has 3 aliphatic rings. The molecular weight excluding hydrogens is 610 g/mol. The van der Waals surface area contributed by atoms with Crippen LogP contribution in [0.2, 0.25) is 5.02 Å². The Kier molecular flexibility index (Phi) is 8.03. The summed E-state index contributed by atoms with van der Waals surface area (Å²) in [6, 6.07) is 21.4. The van der Waals surface area contributed by atoms with Crippen LogP contribution in [0.4, 0.5) is 0 Å². The van der Waals surface area contributed by atoms with Crippen molar-refractivity contribution in [2.45, 2.75) is 35.9 Å². The molecule has 0 aliphatic carbocycles. The molecule has 3 aromatic carbocycles. The van der Waals surface area contributed by atoms with Crippen LogP contribution >= 0.6 is 11.6 Å². The van der Waals surface area contributed by atoms with Crippen LogP contribution in [-0.2, 0) is 10.0 Å². The van der Waals surface area contributed by atoms with E-state index in [1.165, 1.54) is 12.4 Å². The molecular formula is C34H36ClN5O4S. The van der Waals surface area contributed by atoms with E-state index in [1.807, 2.05) is 41.3 Å². The number of hydrogen-bond acceptors (Lipinski definition) is 6. The van der Waals surface area contributed by atoms with E-state index >= 15 is 0 Å². The van der Waals surface area contributed by atoms with E-state index in [0.717, 1.165) is 65.7 Å². The highest BCUT2D eigenvalue weighted by atomic mass is 35.5. The van der Waals surface area contributed by atoms with Crippen LogP contribution in [-0.4, -0.2) is 97.8 Å². The first-order valence-electron chi connectivity index (χ1n) is 15.4. The Balaban J connectivity index is 1.16. The molecule has 4 heterocycles. The average Bonchev–Trinajstić information content (AvgIpc) is 3.04. The number of aromatic nitrogens is 1. The van der Waals surface area contributed by atoms with Gasteiger partial charge in [-0.25, -0.2) is 8.42 Å². The first-order valence-corrected chi connectivity index (χ1v) is 17.2. The number of piperidine rings is 1. The van der Waals surface area contributed by atoms with Crippen LogP contribution in [0.15, 0.2) is 90.1 Å². The Morgan fingerprint density at radius 2 is 1.40 bits per heavy atom. The van der Waals surface area contributed by atoms with Crippen molar-refractivity contribution in [1.29, 1.82) is 0 Å². The lowest BCUT2D eigenvalue weighted by molar-refractivity contribution is -0.605. The quantitative estimate of drug-likeness (QED) is 0.240. The third kappa shape index (κ3) is 5.93. The number of rotatable bonds is 5. The Morgan fingerprint density at radius 3 is 2.07 bits per heavy atom. The predicted octanol–water partition coefficient (Wildman–Crippen LogP) is 4.09. The van der Waals surface area contributed by atoms with E-state index in [2.05, 4.69) is 16.8 Å². The van der Waals surface area contributed by atoms with Gasteiger partial charge in [-0.15, -0.1) is 0 Å². The van der Waals surface area contributed by atoms with Crippen molar-refractivity contribution >= 4 is 38.3 Å². The van der Waals surface area contributed by atoms with Crippen LogP contribution in [0.1, 0.15) is 23.2 Å². The van der Waals surface area contributed by atoms with Gasteiger partial charge < -0.3 is 15.0 Å². The molecule has 1 amide bonds. The second-order valence-electron chi connectivity index (χ2n) is 12.5. The zero-order valence-corrected chi connectivity index (χ0v) is 26.7. The molecule has 9 nitrogen and oxygen atoms in total. The minimum Gasteiger partial charge on any atom is -0.619 e. The summed E-state index contributed by atoms with van der Waals surface area (Å²) >= 11 is 6.15. The molecule has 45 heavy (non-hydrogen) atoms. The number of nitrogens with zero attached hydrogens (tertiary/aromatic N) is 5. The van der Waals surface area contributed by atoms with Crippen molar-refractivity contribution in [3.05, 3.63) is 101 Å². The summed E-state index contributed by atoms with van der Waals surface area (Å²) in [7, 11) is -1.65. The fourth-order valence-corrected chi connectivity index (χ4v) is 8.93. The molecule has 1 aromatic heterocycles. The number of pyridine rings is 1. The van der Waals surface area contributed by atoms with Crippen LogP contribution in [0.25, 0.3) is 21.9 Å². The second kappa shape index (κ2) is 12.0. The molecule has 3 saturated heterocycles. The highest BCUT2D eigenvalue weighted by molar-refractivity contribution is 7.89. The fourth-order valence-electron chi connectivity index (χ4n) is 7.20. The van der Waals surface area contributed by atoms with Gasteiger partial charge in [0.15, 0.2) is 12.4 Å². The van der Waals surface area contributed by atoms with Crippen molar-refractivity contribution in [1.82, 2.24) is 19.0 Å². The van der Waals surface area contributed by atoms with Crippen LogP contribution in [0, 0.1) is 5.21 Å². The molecule has 3 aliphatic heterocycles. The van der Waals surface area contributed by atoms with E-state index < -0.39 is 10.0 Å². The molecule has 234 valence electrons. The topological polar surface area (TPSA) is 91.1 Å². The molecule has 11 heteroatoms. The van der Waals surface area contributed by atoms with Gasteiger partial charge in [0.2, 0.25) is 10.0 Å². The summed E-state index contributed by atoms with van der Waals surface area (Å²) in [4.78, 5) is 21.2. The lowest BCUT2D eigenvalue weighted by atomic mass is 9.86. The van der Waals surface area contributed by atoms with Crippen molar-refractivity contribution in [3.8, 4) is 11.1 Å². The van der Waals surface area contributed by atoms with Crippen LogP contribution in [0.5, 0.6) is 0 Å². The molecule has 7 rings (SSSR count). The number of hydrogen-bond donors (Lipinski definition) is 0. The van der Waals surface area contributed by atoms with Gasteiger partial charge in [0.25, 0.3) is 5.91 Å². The van der Waals surface area contributed by atoms with E-state index in [0.29, 0.717) is 16.6 Å². The SMILES string of the molecule is CN1CCN(C2CC3CN(S(=O)(=O)c4ccc5cc(Cl)ccc5c4)CC(C2)N3C(=O)c2ccc(-c3cc[n+]([O-])cc3)cc2)CC1. The number of halogens is 1. The lowest BCUT2D eigenvalue weighted by Gasteiger charge is -2.54. The molecule has 2 unspecified atom stereocenters. The number of likely N-dealkylation sites (N-methyl/N-ethyl adjacent to an activating group) is 1. The second-order valence-corrected chi connectivity index (χ2v) is 14.9. The molecule has 2 atom stereocenters. The molecule has 3 fully saturated rings. The maximum Gasteiger partial charge on any atom is 0.254 e. The van der Waals surface area contributed by atoms with Gasteiger partial charge in [-0.05, 0) is 78.2 Å². The summed E-state index contributed by atoms with van der Waals surface area (Å²) in [6.07, 6.45) is 4.36. The Bertz CT molecular complexity index is 1810. The van der Waals surface area contributed by atoms with Gasteiger partial charge in [0, 0.05) is 80.1 Å². The van der Waals surface area contributed by atoms with E-state index in [1.54, 1.807) is 40.7 Å². The third-order valence-electron chi connectivity index (χ3n) is 9.67. The van der Waals surface area contributed by atoms with Crippen LogP contribution in [0.3, 0.4) is 0 Å². The third-order valence-corrected chi connectivity index (χ3v) is 11.7. The zero-order valence-electron chi connectivity index (χ0n) is 25.1. The van der Waals surface area contributed by atoms with Crippen molar-refractivity contribution in [2.24, 2.45) is 0 Å². The van der Waals surface area contributed by atoms with Gasteiger partial charge in [0.05, 0.1) is 4.90 Å². The minimum atomic E-state index is -3.79. The number of benzene rings is 3. The highest BCUT2D eigenvalue weighted by Crippen LogP contribution is 2.36. The zero-order chi connectivity index (χ0) is 31.3. The first kappa shape index (κ1) is 30.1. The lowest BCUT2D eigenvalue weighted by Crippen LogP contribution is -2.67. The summed E-state index contributed by atoms with van der Waals surface area (Å²) in [5.74, 6) is -0.0709. The normalized spacial score (nSPS) is 23.3. The summed E-state index contributed by atoms with van der Waals surface area (Å²) in [6.45, 7) is 4.47. The van der Waals surface area contributed by atoms with Crippen molar-refractivity contribution < 1.29 is 17.9 Å². The Morgan fingerprint density at radius 1 is 0.800 bits per heavy atom. The predicted molar refractivity (Wildman–Crippen MR) is 174 cm³/mol. The molecule has 0 spiro atoms. The summed E-state index contributed by atoms with van der Waals surface area (Å²) in [5.41, 5.74) is 2.38. The number of sulfonamides is 1. The highest BCUT2D eigenvalue weighted by Gasteiger charge is 2.48. The number of amides is 1. The molecule has 0 radical (unpaired) electrons. The van der Waals surface area contributed by atoms with E-state index in [-0.39, 0.29) is 36.0 Å². The fraction of sp³-hybridized carbons (Fsp3) is 0.353. The Labute approximate surface area is 268 Å². The maximum atomic E-state index is 14.1. The van der Waals surface area contributed by atoms with Crippen LogP contribution < -0.4 is 4.73 Å². The molecule has 2 bridgehead atoms. The smallest absolute Gasteiger partial charge is 0.254 e. The largest absolute Gasteiger partial charge is 0.619 e. The van der Waals surface area contributed by atoms with Gasteiger partial charge in [-0.1, -0.05) is 35.9 Å². The number of carbonyl (C=O) groups is 1. The standard InChI is InChI=1S/C34H36ClN5O4S/c1-36-14-16-37(17-15-36)30-20-31-22-39(45(43,44)33-9-7-27-18-29(35)8-6-28(27)19-33)23-32(21-30)40(31)34(41)26-4-2-24(3-5-26)25-10-12-38(42)13-11-25/h2-13,18-19,30-32H,14-17,20-23H2,1H3. The van der Waals surface area contributed by atoms with Gasteiger partial charge in [0.1, 0.15) is 0 Å². The van der Waals surface area contributed by atoms with E-state index in [4.69, 9.17) is 11.6 Å². The molecule has 0 N–H and O–H groups in total. The number of piperazine rings is 2. The van der Waals surface area contributed by atoms with E-state index in [9.17, 15) is 18.4 Å². The maximum absolute atomic E-state index is 14.1. The van der Waals surface area contributed by atoms with Crippen molar-refractivity contribution in [3.63, 3.8) is 0 Å². The number of fused-ring (bicyclic) bond motifs is 3. The first-order chi connectivity index (χ1) is 21.7. The average molecular weight is 646 g/mol. The molecule has 4 aromatic rings. The summed E-state index contributed by atoms with van der Waals surface area (Å²) in [5, 5.41) is 13.8. The molecule has 0 saturated carbocycles. The Hall–Kier alpha value is -3.54. The number of carbonyl (C=O) groups excluding carboxylic acids is 1. The van der Waals surface area contributed by atoms with Crippen molar-refractivity contribution in [2.75, 3.05) is 46.3 Å².